The molecule has 14 heavy (non-hydrogen) atoms. The van der Waals surface area contributed by atoms with E-state index in [1.165, 1.54) is 13.1 Å². The van der Waals surface area contributed by atoms with Gasteiger partial charge in [-0.15, -0.1) is 0 Å². The topological polar surface area (TPSA) is 95.1 Å². The van der Waals surface area contributed by atoms with E-state index in [9.17, 15) is 8.42 Å². The molecule has 1 atom stereocenters. The van der Waals surface area contributed by atoms with Gasteiger partial charge in [-0.05, 0) is 13.8 Å². The Kier molecular flexibility index (Phi) is 3.25. The highest BCUT2D eigenvalue weighted by molar-refractivity contribution is 7.89. The first-order chi connectivity index (χ1) is 6.42. The van der Waals surface area contributed by atoms with Crippen LogP contribution in [0.2, 0.25) is 0 Å². The number of nitrogens with zero attached hydrogens (tertiary/aromatic N) is 1. The van der Waals surface area contributed by atoms with Crippen molar-refractivity contribution in [2.75, 3.05) is 6.54 Å². The van der Waals surface area contributed by atoms with Gasteiger partial charge in [0, 0.05) is 6.54 Å². The summed E-state index contributed by atoms with van der Waals surface area (Å²) in [5.74, 6) is 0.530. The highest BCUT2D eigenvalue weighted by atomic mass is 32.2. The molecule has 1 heterocycles. The van der Waals surface area contributed by atoms with Crippen molar-refractivity contribution in [2.45, 2.75) is 25.0 Å². The van der Waals surface area contributed by atoms with Gasteiger partial charge in [0.05, 0.1) is 12.3 Å². The second kappa shape index (κ2) is 4.07. The van der Waals surface area contributed by atoms with Crippen LogP contribution in [0.25, 0.3) is 0 Å². The lowest BCUT2D eigenvalue weighted by Gasteiger charge is -2.05. The number of nitrogens with one attached hydrogen (secondary N) is 2. The third-order valence-corrected chi connectivity index (χ3v) is 2.87. The van der Waals surface area contributed by atoms with Crippen LogP contribution >= 0.6 is 0 Å². The summed E-state index contributed by atoms with van der Waals surface area (Å²) >= 11 is 0. The average Bonchev–Trinajstić information content (AvgIpc) is 2.49. The van der Waals surface area contributed by atoms with Crippen molar-refractivity contribution in [1.82, 2.24) is 14.7 Å². The Bertz CT molecular complexity index is 396. The number of aliphatic hydroxyl groups excluding tert-OH is 1. The fourth-order valence-corrected chi connectivity index (χ4v) is 1.93. The molecule has 80 valence electrons. The van der Waals surface area contributed by atoms with Gasteiger partial charge in [0.1, 0.15) is 5.82 Å². The van der Waals surface area contributed by atoms with Crippen molar-refractivity contribution >= 4 is 10.0 Å². The van der Waals surface area contributed by atoms with Crippen LogP contribution in [0.3, 0.4) is 0 Å². The molecule has 0 aliphatic carbocycles. The maximum absolute atomic E-state index is 11.5. The highest BCUT2D eigenvalue weighted by Gasteiger charge is 2.16. The number of hydrogen-bond acceptors (Lipinski definition) is 4. The monoisotopic (exact) mass is 219 g/mol. The molecule has 0 aliphatic rings. The fourth-order valence-electron chi connectivity index (χ4n) is 0.843. The molecule has 6 nitrogen and oxygen atoms in total. The molecule has 1 aromatic heterocycles. The minimum Gasteiger partial charge on any atom is -0.392 e. The van der Waals surface area contributed by atoms with Crippen LogP contribution in [0.5, 0.6) is 0 Å². The van der Waals surface area contributed by atoms with Gasteiger partial charge in [-0.25, -0.2) is 18.1 Å². The first kappa shape index (κ1) is 11.2. The van der Waals surface area contributed by atoms with Gasteiger partial charge in [-0.2, -0.15) is 0 Å². The maximum Gasteiger partial charge on any atom is 0.257 e. The Labute approximate surface area is 82.4 Å². The van der Waals surface area contributed by atoms with Crippen molar-refractivity contribution in [1.29, 1.82) is 0 Å². The van der Waals surface area contributed by atoms with Crippen LogP contribution in [0.4, 0.5) is 0 Å². The van der Waals surface area contributed by atoms with E-state index < -0.39 is 16.1 Å². The highest BCUT2D eigenvalue weighted by Crippen LogP contribution is 2.04. The molecule has 1 aromatic rings. The molecular weight excluding hydrogens is 206 g/mol. The number of hydrogen-bond donors (Lipinski definition) is 3. The number of sulfonamides is 1. The zero-order chi connectivity index (χ0) is 10.8. The average molecular weight is 219 g/mol. The molecule has 1 rings (SSSR count). The van der Waals surface area contributed by atoms with Crippen LogP contribution in [0.15, 0.2) is 11.2 Å². The zero-order valence-corrected chi connectivity index (χ0v) is 8.80. The van der Waals surface area contributed by atoms with E-state index >= 15 is 0 Å². The summed E-state index contributed by atoms with van der Waals surface area (Å²) in [6.45, 7) is 3.15. The van der Waals surface area contributed by atoms with E-state index in [0.717, 1.165) is 0 Å². The summed E-state index contributed by atoms with van der Waals surface area (Å²) in [5, 5.41) is 8.92. The Hall–Kier alpha value is -0.920. The van der Waals surface area contributed by atoms with E-state index in [1.807, 2.05) is 0 Å². The molecule has 0 amide bonds. The number of aromatic nitrogens is 2. The Morgan fingerprint density at radius 1 is 1.71 bits per heavy atom. The number of H-pyrrole nitrogens is 1. The van der Waals surface area contributed by atoms with E-state index in [1.54, 1.807) is 6.92 Å². The van der Waals surface area contributed by atoms with Crippen molar-refractivity contribution in [2.24, 2.45) is 0 Å². The van der Waals surface area contributed by atoms with Crippen LogP contribution in [0.1, 0.15) is 12.7 Å². The Morgan fingerprint density at radius 3 is 2.79 bits per heavy atom. The van der Waals surface area contributed by atoms with Crippen LogP contribution in [-0.2, 0) is 10.0 Å². The second-order valence-corrected chi connectivity index (χ2v) is 4.77. The number of imidazole rings is 1. The number of aliphatic hydroxyl groups is 1. The first-order valence-corrected chi connectivity index (χ1v) is 5.59. The summed E-state index contributed by atoms with van der Waals surface area (Å²) in [6.07, 6.45) is 0.522. The van der Waals surface area contributed by atoms with Crippen molar-refractivity contribution < 1.29 is 13.5 Å². The summed E-state index contributed by atoms with van der Waals surface area (Å²) in [6, 6.07) is 0. The van der Waals surface area contributed by atoms with E-state index in [4.69, 9.17) is 5.11 Å². The van der Waals surface area contributed by atoms with Gasteiger partial charge in [-0.3, -0.25) is 0 Å². The third-order valence-electron chi connectivity index (χ3n) is 1.54. The molecule has 0 spiro atoms. The fraction of sp³-hybridized carbons (Fsp3) is 0.571. The third kappa shape index (κ3) is 2.79. The number of aromatic amines is 1. The van der Waals surface area contributed by atoms with Crippen molar-refractivity contribution in [3.8, 4) is 0 Å². The molecule has 0 fully saturated rings. The largest absolute Gasteiger partial charge is 0.392 e. The standard InChI is InChI=1S/C7H13N3O3S/c1-5(11)3-9-14(12,13)7-4-8-6(2)10-7/h4-5,9,11H,3H2,1-2H3,(H,8,10). The predicted molar refractivity (Wildman–Crippen MR) is 50.2 cm³/mol. The second-order valence-electron chi connectivity index (χ2n) is 3.03. The summed E-state index contributed by atoms with van der Waals surface area (Å²) < 4.78 is 25.2. The molecule has 3 N–H and O–H groups in total. The van der Waals surface area contributed by atoms with Crippen molar-refractivity contribution in [3.05, 3.63) is 12.0 Å². The van der Waals surface area contributed by atoms with E-state index in [-0.39, 0.29) is 11.6 Å². The maximum atomic E-state index is 11.5. The number of rotatable bonds is 4. The van der Waals surface area contributed by atoms with Crippen LogP contribution < -0.4 is 4.72 Å². The predicted octanol–water partition coefficient (Wildman–Crippen LogP) is -0.623. The van der Waals surface area contributed by atoms with Gasteiger partial charge in [0.2, 0.25) is 0 Å². The molecule has 0 aliphatic heterocycles. The molecule has 7 heteroatoms. The zero-order valence-electron chi connectivity index (χ0n) is 7.98. The van der Waals surface area contributed by atoms with E-state index in [2.05, 4.69) is 14.7 Å². The lowest BCUT2D eigenvalue weighted by Crippen LogP contribution is -2.30. The van der Waals surface area contributed by atoms with E-state index in [0.29, 0.717) is 5.82 Å². The molecule has 0 saturated carbocycles. The Morgan fingerprint density at radius 2 is 2.36 bits per heavy atom. The van der Waals surface area contributed by atoms with Gasteiger partial charge in [-0.1, -0.05) is 0 Å². The Balaban J connectivity index is 2.76. The lowest BCUT2D eigenvalue weighted by atomic mass is 10.4. The minimum absolute atomic E-state index is 0.00986. The van der Waals surface area contributed by atoms with Gasteiger partial charge >= 0.3 is 0 Å². The van der Waals surface area contributed by atoms with Crippen molar-refractivity contribution in [3.63, 3.8) is 0 Å². The smallest absolute Gasteiger partial charge is 0.257 e. The normalized spacial score (nSPS) is 14.2. The molecule has 0 saturated heterocycles. The summed E-state index contributed by atoms with van der Waals surface area (Å²) in [4.78, 5) is 6.37. The number of aryl methyl sites for hydroxylation is 1. The quantitative estimate of drug-likeness (QED) is 0.628. The molecule has 0 aromatic carbocycles. The molecule has 0 radical (unpaired) electrons. The van der Waals surface area contributed by atoms with Gasteiger partial charge < -0.3 is 10.1 Å². The van der Waals surface area contributed by atoms with Gasteiger partial charge in [0.15, 0.2) is 5.03 Å². The lowest BCUT2D eigenvalue weighted by molar-refractivity contribution is 0.198. The van der Waals surface area contributed by atoms with Crippen LogP contribution in [-0.4, -0.2) is 36.1 Å². The molecular formula is C7H13N3O3S. The minimum atomic E-state index is -3.56. The molecule has 0 bridgehead atoms. The van der Waals surface area contributed by atoms with Crippen LogP contribution in [0, 0.1) is 6.92 Å². The first-order valence-electron chi connectivity index (χ1n) is 4.11. The summed E-state index contributed by atoms with van der Waals surface area (Å²) in [5.41, 5.74) is 0. The summed E-state index contributed by atoms with van der Waals surface area (Å²) in [7, 11) is -3.56. The van der Waals surface area contributed by atoms with Gasteiger partial charge in [0.25, 0.3) is 10.0 Å². The molecule has 1 unspecified atom stereocenters. The SMILES string of the molecule is Cc1ncc(S(=O)(=O)NCC(C)O)[nH]1.